The molecular formula is C16H22N6O3S. The largest absolute Gasteiger partial charge is 0.371 e. The molecule has 2 saturated heterocycles. The van der Waals surface area contributed by atoms with Crippen molar-refractivity contribution < 1.29 is 13.2 Å². The molecule has 0 radical (unpaired) electrons. The maximum atomic E-state index is 11.9. The second-order valence-corrected chi connectivity index (χ2v) is 9.72. The molecule has 1 spiro atoms. The Balaban J connectivity index is 1.14. The molecule has 1 N–H and O–H groups in total. The van der Waals surface area contributed by atoms with Gasteiger partial charge >= 0.3 is 0 Å². The summed E-state index contributed by atoms with van der Waals surface area (Å²) in [5.74, 6) is 1.15. The van der Waals surface area contributed by atoms with Gasteiger partial charge in [0.25, 0.3) is 0 Å². The first-order chi connectivity index (χ1) is 12.5. The van der Waals surface area contributed by atoms with Crippen molar-refractivity contribution in [2.75, 3.05) is 31.1 Å². The Kier molecular flexibility index (Phi) is 3.70. The van der Waals surface area contributed by atoms with E-state index in [0.717, 1.165) is 50.2 Å². The number of sulfonamides is 1. The second kappa shape index (κ2) is 5.86. The van der Waals surface area contributed by atoms with E-state index in [9.17, 15) is 8.42 Å². The smallest absolute Gasteiger partial charge is 0.214 e. The number of hydrogen-bond acceptors (Lipinski definition) is 7. The van der Waals surface area contributed by atoms with Crippen LogP contribution in [0.4, 0.5) is 5.82 Å². The van der Waals surface area contributed by atoms with Gasteiger partial charge in [-0.1, -0.05) is 0 Å². The summed E-state index contributed by atoms with van der Waals surface area (Å²) in [6.07, 6.45) is 5.13. The van der Waals surface area contributed by atoms with E-state index >= 15 is 0 Å². The third-order valence-electron chi connectivity index (χ3n) is 5.60. The lowest BCUT2D eigenvalue weighted by Crippen LogP contribution is -2.65. The van der Waals surface area contributed by atoms with E-state index in [0.29, 0.717) is 13.2 Å². The lowest BCUT2D eigenvalue weighted by atomic mass is 9.83. The molecule has 5 rings (SSSR count). The van der Waals surface area contributed by atoms with Crippen LogP contribution >= 0.6 is 0 Å². The van der Waals surface area contributed by atoms with Crippen molar-refractivity contribution in [1.29, 1.82) is 0 Å². The summed E-state index contributed by atoms with van der Waals surface area (Å²) in [5.41, 5.74) is 0.616. The normalized spacial score (nSPS) is 25.5. The molecule has 0 amide bonds. The van der Waals surface area contributed by atoms with E-state index in [4.69, 9.17) is 4.74 Å². The predicted molar refractivity (Wildman–Crippen MR) is 94.3 cm³/mol. The van der Waals surface area contributed by atoms with Crippen molar-refractivity contribution in [2.45, 2.75) is 36.5 Å². The first-order valence-corrected chi connectivity index (χ1v) is 10.6. The lowest BCUT2D eigenvalue weighted by molar-refractivity contribution is -0.114. The zero-order valence-corrected chi connectivity index (χ0v) is 15.2. The highest BCUT2D eigenvalue weighted by Crippen LogP contribution is 2.38. The molecule has 2 aromatic rings. The third-order valence-corrected chi connectivity index (χ3v) is 7.52. The molecule has 2 aromatic heterocycles. The Hall–Kier alpha value is -1.78. The minimum Gasteiger partial charge on any atom is -0.371 e. The zero-order valence-electron chi connectivity index (χ0n) is 14.4. The summed E-state index contributed by atoms with van der Waals surface area (Å²) < 4.78 is 34.4. The highest BCUT2D eigenvalue weighted by molar-refractivity contribution is 7.90. The van der Waals surface area contributed by atoms with E-state index in [2.05, 4.69) is 24.9 Å². The quantitative estimate of drug-likeness (QED) is 0.792. The first-order valence-electron chi connectivity index (χ1n) is 9.08. The fourth-order valence-electron chi connectivity index (χ4n) is 3.76. The molecule has 2 aliphatic heterocycles. The maximum absolute atomic E-state index is 11.9. The zero-order chi connectivity index (χ0) is 17.8. The molecule has 0 unspecified atom stereocenters. The highest BCUT2D eigenvalue weighted by Gasteiger charge is 2.47. The van der Waals surface area contributed by atoms with Gasteiger partial charge in [-0.2, -0.15) is 4.52 Å². The van der Waals surface area contributed by atoms with Crippen LogP contribution in [0.1, 0.15) is 25.7 Å². The predicted octanol–water partition coefficient (Wildman–Crippen LogP) is 0.192. The van der Waals surface area contributed by atoms with Crippen LogP contribution < -0.4 is 9.62 Å². The van der Waals surface area contributed by atoms with Crippen LogP contribution in [0.2, 0.25) is 0 Å². The standard InChI is InChI=1S/C16H22N6O3S/c23-26(24,13-1-2-13)18-7-12-5-6-16(25-8-12)9-21(10-16)15-4-3-14-19-17-11-22(14)20-15/h3-4,11-13,18H,1-2,5-10H2/t12-/m1/s1. The molecule has 9 nitrogen and oxygen atoms in total. The molecule has 4 heterocycles. The number of hydrogen-bond donors (Lipinski definition) is 1. The average Bonchev–Trinajstić information content (AvgIpc) is 3.38. The van der Waals surface area contributed by atoms with Crippen LogP contribution in [0.3, 0.4) is 0 Å². The van der Waals surface area contributed by atoms with Gasteiger partial charge in [-0.3, -0.25) is 0 Å². The van der Waals surface area contributed by atoms with Crippen LogP contribution in [0.15, 0.2) is 18.5 Å². The van der Waals surface area contributed by atoms with Gasteiger partial charge in [0.1, 0.15) is 17.7 Å². The summed E-state index contributed by atoms with van der Waals surface area (Å²) in [6.45, 7) is 2.73. The number of ether oxygens (including phenoxy) is 1. The van der Waals surface area contributed by atoms with Crippen LogP contribution in [0.5, 0.6) is 0 Å². The molecule has 3 fully saturated rings. The van der Waals surface area contributed by atoms with Crippen molar-refractivity contribution in [2.24, 2.45) is 5.92 Å². The van der Waals surface area contributed by atoms with Crippen molar-refractivity contribution in [3.8, 4) is 0 Å². The summed E-state index contributed by atoms with van der Waals surface area (Å²) in [4.78, 5) is 2.19. The molecule has 0 bridgehead atoms. The summed E-state index contributed by atoms with van der Waals surface area (Å²) in [7, 11) is -3.10. The van der Waals surface area contributed by atoms with Crippen molar-refractivity contribution in [1.82, 2.24) is 24.5 Å². The molecule has 140 valence electrons. The average molecular weight is 378 g/mol. The number of nitrogens with zero attached hydrogens (tertiary/aromatic N) is 5. The van der Waals surface area contributed by atoms with Gasteiger partial charge in [0.2, 0.25) is 10.0 Å². The molecule has 1 aliphatic carbocycles. The highest BCUT2D eigenvalue weighted by atomic mass is 32.2. The molecule has 1 saturated carbocycles. The first kappa shape index (κ1) is 16.4. The minimum atomic E-state index is -3.10. The number of rotatable bonds is 5. The Labute approximate surface area is 151 Å². The number of anilines is 1. The molecule has 3 aliphatic rings. The van der Waals surface area contributed by atoms with Crippen molar-refractivity contribution >= 4 is 21.5 Å². The second-order valence-electron chi connectivity index (χ2n) is 7.67. The van der Waals surface area contributed by atoms with Gasteiger partial charge < -0.3 is 9.64 Å². The van der Waals surface area contributed by atoms with Gasteiger partial charge in [-0.25, -0.2) is 13.1 Å². The fraction of sp³-hybridized carbons (Fsp3) is 0.688. The van der Waals surface area contributed by atoms with Gasteiger partial charge in [0, 0.05) is 6.54 Å². The Morgan fingerprint density at radius 2 is 2.12 bits per heavy atom. The fourth-order valence-corrected chi connectivity index (χ4v) is 5.22. The number of aromatic nitrogens is 4. The molecular weight excluding hydrogens is 356 g/mol. The van der Waals surface area contributed by atoms with Crippen molar-refractivity contribution in [3.05, 3.63) is 18.5 Å². The van der Waals surface area contributed by atoms with Gasteiger partial charge in [-0.05, 0) is 43.7 Å². The van der Waals surface area contributed by atoms with E-state index in [1.807, 2.05) is 12.1 Å². The molecule has 1 atom stereocenters. The van der Waals surface area contributed by atoms with E-state index in [1.165, 1.54) is 0 Å². The van der Waals surface area contributed by atoms with Crippen LogP contribution in [-0.4, -0.2) is 65.3 Å². The van der Waals surface area contributed by atoms with Gasteiger partial charge in [0.05, 0.1) is 24.9 Å². The molecule has 0 aromatic carbocycles. The summed E-state index contributed by atoms with van der Waals surface area (Å²) >= 11 is 0. The Bertz CT molecular complexity index is 909. The van der Waals surface area contributed by atoms with Crippen molar-refractivity contribution in [3.63, 3.8) is 0 Å². The van der Waals surface area contributed by atoms with E-state index in [1.54, 1.807) is 10.8 Å². The Morgan fingerprint density at radius 3 is 2.85 bits per heavy atom. The van der Waals surface area contributed by atoms with Gasteiger partial charge in [-0.15, -0.1) is 15.3 Å². The Morgan fingerprint density at radius 1 is 1.27 bits per heavy atom. The van der Waals surface area contributed by atoms with E-state index < -0.39 is 10.0 Å². The van der Waals surface area contributed by atoms with E-state index in [-0.39, 0.29) is 16.8 Å². The molecule has 26 heavy (non-hydrogen) atoms. The molecule has 10 heteroatoms. The summed E-state index contributed by atoms with van der Waals surface area (Å²) in [5, 5.41) is 12.2. The third kappa shape index (κ3) is 2.95. The van der Waals surface area contributed by atoms with Crippen LogP contribution in [0.25, 0.3) is 5.65 Å². The van der Waals surface area contributed by atoms with Crippen LogP contribution in [-0.2, 0) is 14.8 Å². The van der Waals surface area contributed by atoms with Gasteiger partial charge in [0.15, 0.2) is 5.65 Å². The minimum absolute atomic E-state index is 0.115. The number of nitrogens with one attached hydrogen (secondary N) is 1. The number of fused-ring (bicyclic) bond motifs is 1. The summed E-state index contributed by atoms with van der Waals surface area (Å²) in [6, 6.07) is 3.86. The SMILES string of the molecule is O=S(=O)(NC[C@H]1CCC2(CN(c3ccc4nncn4n3)C2)OC1)C1CC1. The lowest BCUT2D eigenvalue weighted by Gasteiger charge is -2.53. The van der Waals surface area contributed by atoms with Crippen LogP contribution in [0, 0.1) is 5.92 Å². The monoisotopic (exact) mass is 378 g/mol. The maximum Gasteiger partial charge on any atom is 0.214 e. The topological polar surface area (TPSA) is 102 Å².